The Kier molecular flexibility index (Phi) is 5.04. The average Bonchev–Trinajstić information content (AvgIpc) is 2.80. The zero-order chi connectivity index (χ0) is 24.3. The monoisotopic (exact) mass is 474 g/mol. The summed E-state index contributed by atoms with van der Waals surface area (Å²) in [5.74, 6) is -12.1. The van der Waals surface area contributed by atoms with Gasteiger partial charge in [0, 0.05) is 11.6 Å². The Labute approximate surface area is 186 Å². The fourth-order valence-corrected chi connectivity index (χ4v) is 4.22. The van der Waals surface area contributed by atoms with E-state index in [1.165, 1.54) is 24.3 Å². The highest BCUT2D eigenvalue weighted by molar-refractivity contribution is 6.21. The van der Waals surface area contributed by atoms with Crippen LogP contribution in [0.5, 0.6) is 0 Å². The molecule has 0 radical (unpaired) electrons. The van der Waals surface area contributed by atoms with Gasteiger partial charge in [0.05, 0.1) is 5.56 Å². The molecule has 0 aliphatic rings. The van der Waals surface area contributed by atoms with Gasteiger partial charge in [0.15, 0.2) is 40.7 Å². The lowest BCUT2D eigenvalue weighted by molar-refractivity contribution is 0.448. The summed E-state index contributed by atoms with van der Waals surface area (Å²) >= 11 is 0. The van der Waals surface area contributed by atoms with E-state index in [1.807, 2.05) is 0 Å². The second-order valence-corrected chi connectivity index (χ2v) is 7.58. The normalized spacial score (nSPS) is 11.5. The zero-order valence-corrected chi connectivity index (χ0v) is 16.8. The number of hydrogen-bond donors (Lipinski definition) is 0. The van der Waals surface area contributed by atoms with Gasteiger partial charge in [0.1, 0.15) is 5.82 Å². The van der Waals surface area contributed by atoms with Crippen molar-refractivity contribution in [3.8, 4) is 22.3 Å². The van der Waals surface area contributed by atoms with Gasteiger partial charge in [-0.05, 0) is 56.9 Å². The highest BCUT2D eigenvalue weighted by Crippen LogP contribution is 2.46. The van der Waals surface area contributed by atoms with Gasteiger partial charge in [-0.15, -0.1) is 0 Å². The largest absolute Gasteiger partial charge is 0.207 e. The molecule has 0 saturated carbocycles. The van der Waals surface area contributed by atoms with Gasteiger partial charge < -0.3 is 0 Å². The number of rotatable bonds is 2. The Morgan fingerprint density at radius 3 is 1.47 bits per heavy atom. The highest BCUT2D eigenvalue weighted by atomic mass is 19.2. The van der Waals surface area contributed by atoms with Crippen molar-refractivity contribution < 1.29 is 35.1 Å². The van der Waals surface area contributed by atoms with E-state index >= 15 is 0 Å². The third-order valence-corrected chi connectivity index (χ3v) is 5.62. The van der Waals surface area contributed by atoms with Crippen LogP contribution < -0.4 is 0 Å². The van der Waals surface area contributed by atoms with Gasteiger partial charge in [-0.25, -0.2) is 35.1 Å². The van der Waals surface area contributed by atoms with Crippen LogP contribution >= 0.6 is 0 Å². The summed E-state index contributed by atoms with van der Waals surface area (Å²) in [5.41, 5.74) is -1.45. The van der Waals surface area contributed by atoms with E-state index in [0.29, 0.717) is 12.1 Å². The van der Waals surface area contributed by atoms with Crippen LogP contribution in [0.2, 0.25) is 0 Å². The Balaban J connectivity index is 2.05. The fourth-order valence-electron chi connectivity index (χ4n) is 4.22. The number of benzene rings is 5. The first-order valence-electron chi connectivity index (χ1n) is 9.81. The Hall–Kier alpha value is -3.94. The molecule has 0 amide bonds. The molecule has 5 rings (SSSR count). The molecule has 0 spiro atoms. The highest BCUT2D eigenvalue weighted by Gasteiger charge is 2.26. The molecule has 0 N–H and O–H groups in total. The standard InChI is InChI=1S/C26H10F8/c27-12-5-6-15-16(9-12)21(11-7-17(28)24(32)18(29)8-11)13-3-1-2-4-14(13)22(15)23-25(33)19(30)10-20(31)26(23)34/h1-10H. The molecule has 5 aromatic rings. The van der Waals surface area contributed by atoms with Gasteiger partial charge >= 0.3 is 0 Å². The topological polar surface area (TPSA) is 0 Å². The van der Waals surface area contributed by atoms with Crippen LogP contribution in [0.4, 0.5) is 35.1 Å². The molecule has 0 fully saturated rings. The predicted octanol–water partition coefficient (Wildman–Crippen LogP) is 8.44. The second kappa shape index (κ2) is 7.83. The number of hydrogen-bond acceptors (Lipinski definition) is 0. The summed E-state index contributed by atoms with van der Waals surface area (Å²) in [4.78, 5) is 0. The summed E-state index contributed by atoms with van der Waals surface area (Å²) in [6, 6.07) is 10.3. The molecule has 0 nitrogen and oxygen atoms in total. The summed E-state index contributed by atoms with van der Waals surface area (Å²) in [6.45, 7) is 0. The Morgan fingerprint density at radius 1 is 0.382 bits per heavy atom. The van der Waals surface area contributed by atoms with Crippen molar-refractivity contribution in [2.45, 2.75) is 0 Å². The maximum absolute atomic E-state index is 14.8. The van der Waals surface area contributed by atoms with Crippen molar-refractivity contribution in [3.63, 3.8) is 0 Å². The first kappa shape index (κ1) is 21.9. The molecule has 8 heteroatoms. The summed E-state index contributed by atoms with van der Waals surface area (Å²) in [7, 11) is 0. The molecular weight excluding hydrogens is 464 g/mol. The van der Waals surface area contributed by atoms with E-state index in [9.17, 15) is 35.1 Å². The lowest BCUT2D eigenvalue weighted by Crippen LogP contribution is -2.01. The van der Waals surface area contributed by atoms with Crippen LogP contribution in [0, 0.1) is 46.5 Å². The van der Waals surface area contributed by atoms with Crippen molar-refractivity contribution in [1.82, 2.24) is 0 Å². The smallest absolute Gasteiger partial charge is 0.194 e. The van der Waals surface area contributed by atoms with Gasteiger partial charge in [0.25, 0.3) is 0 Å². The minimum Gasteiger partial charge on any atom is -0.207 e. The first-order valence-corrected chi connectivity index (χ1v) is 9.81. The molecule has 0 atom stereocenters. The fraction of sp³-hybridized carbons (Fsp3) is 0. The van der Waals surface area contributed by atoms with Gasteiger partial charge in [-0.3, -0.25) is 0 Å². The molecule has 34 heavy (non-hydrogen) atoms. The Bertz CT molecular complexity index is 1590. The van der Waals surface area contributed by atoms with Crippen LogP contribution in [0.1, 0.15) is 0 Å². The minimum absolute atomic E-state index is 0.0318. The van der Waals surface area contributed by atoms with Gasteiger partial charge in [0.2, 0.25) is 0 Å². The maximum atomic E-state index is 14.8. The third kappa shape index (κ3) is 3.21. The third-order valence-electron chi connectivity index (χ3n) is 5.62. The molecule has 0 saturated heterocycles. The maximum Gasteiger partial charge on any atom is 0.194 e. The molecule has 170 valence electrons. The average molecular weight is 474 g/mol. The quantitative estimate of drug-likeness (QED) is 0.104. The second-order valence-electron chi connectivity index (χ2n) is 7.58. The van der Waals surface area contributed by atoms with Gasteiger partial charge in [-0.2, -0.15) is 0 Å². The summed E-state index contributed by atoms with van der Waals surface area (Å²) in [5, 5.41) is 0.0691. The van der Waals surface area contributed by atoms with Crippen LogP contribution in [0.15, 0.2) is 60.7 Å². The molecule has 0 aliphatic carbocycles. The zero-order valence-electron chi connectivity index (χ0n) is 16.8. The van der Waals surface area contributed by atoms with Crippen molar-refractivity contribution in [2.24, 2.45) is 0 Å². The van der Waals surface area contributed by atoms with Crippen molar-refractivity contribution in [2.75, 3.05) is 0 Å². The van der Waals surface area contributed by atoms with Crippen LogP contribution in [-0.2, 0) is 0 Å². The van der Waals surface area contributed by atoms with Crippen molar-refractivity contribution in [1.29, 1.82) is 0 Å². The van der Waals surface area contributed by atoms with E-state index in [0.717, 1.165) is 18.2 Å². The molecule has 0 heterocycles. The lowest BCUT2D eigenvalue weighted by atomic mass is 9.85. The molecular formula is C26H10F8. The predicted molar refractivity (Wildman–Crippen MR) is 112 cm³/mol. The number of fused-ring (bicyclic) bond motifs is 2. The first-order chi connectivity index (χ1) is 16.2. The van der Waals surface area contributed by atoms with Crippen LogP contribution in [-0.4, -0.2) is 0 Å². The molecule has 5 aromatic carbocycles. The van der Waals surface area contributed by atoms with E-state index in [4.69, 9.17) is 0 Å². The van der Waals surface area contributed by atoms with Crippen LogP contribution in [0.25, 0.3) is 43.8 Å². The van der Waals surface area contributed by atoms with Crippen LogP contribution in [0.3, 0.4) is 0 Å². The van der Waals surface area contributed by atoms with Crippen molar-refractivity contribution >= 4 is 21.5 Å². The molecule has 0 bridgehead atoms. The van der Waals surface area contributed by atoms with Crippen molar-refractivity contribution in [3.05, 3.63) is 107 Å². The SMILES string of the molecule is Fc1ccc2c(-c3c(F)c(F)cc(F)c3F)c3ccccc3c(-c3cc(F)c(F)c(F)c3)c2c1. The summed E-state index contributed by atoms with van der Waals surface area (Å²) < 4.78 is 114. The molecule has 0 aromatic heterocycles. The van der Waals surface area contributed by atoms with E-state index in [2.05, 4.69) is 0 Å². The number of halogens is 8. The Morgan fingerprint density at radius 2 is 0.882 bits per heavy atom. The van der Waals surface area contributed by atoms with Gasteiger partial charge in [-0.1, -0.05) is 30.3 Å². The van der Waals surface area contributed by atoms with E-state index < -0.39 is 52.1 Å². The van der Waals surface area contributed by atoms with E-state index in [1.54, 1.807) is 0 Å². The van der Waals surface area contributed by atoms with E-state index in [-0.39, 0.29) is 44.3 Å². The summed E-state index contributed by atoms with van der Waals surface area (Å²) in [6.07, 6.45) is 0. The minimum atomic E-state index is -1.71. The molecule has 0 aliphatic heterocycles. The lowest BCUT2D eigenvalue weighted by Gasteiger charge is -2.19. The molecule has 0 unspecified atom stereocenters.